The minimum absolute atomic E-state index is 0.0743. The van der Waals surface area contributed by atoms with Crippen LogP contribution < -0.4 is 10.0 Å². The summed E-state index contributed by atoms with van der Waals surface area (Å²) in [7, 11) is -3.60. The summed E-state index contributed by atoms with van der Waals surface area (Å²) in [6.07, 6.45) is 9.61. The summed E-state index contributed by atoms with van der Waals surface area (Å²) in [5, 5.41) is 2.83. The molecule has 1 aromatic carbocycles. The lowest BCUT2D eigenvalue weighted by Gasteiger charge is -2.16. The van der Waals surface area contributed by atoms with Gasteiger partial charge >= 0.3 is 0 Å². The van der Waals surface area contributed by atoms with Gasteiger partial charge in [0, 0.05) is 32.1 Å². The van der Waals surface area contributed by atoms with E-state index in [2.05, 4.69) is 19.6 Å². The molecule has 0 saturated heterocycles. The normalized spacial score (nSPS) is 16.1. The van der Waals surface area contributed by atoms with Crippen LogP contribution in [0.1, 0.15) is 54.7 Å². The number of hydrogen-bond donors (Lipinski definition) is 2. The van der Waals surface area contributed by atoms with Crippen molar-refractivity contribution >= 4 is 15.9 Å². The molecule has 0 atom stereocenters. The molecule has 2 aliphatic rings. The molecule has 1 amide bonds. The van der Waals surface area contributed by atoms with Gasteiger partial charge in [-0.15, -0.1) is 0 Å². The molecule has 1 aliphatic carbocycles. The third kappa shape index (κ3) is 4.87. The largest absolute Gasteiger partial charge is 0.350 e. The molecule has 2 N–H and O–H groups in total. The molecule has 0 saturated carbocycles. The minimum atomic E-state index is -3.60. The molecule has 156 valence electrons. The maximum Gasteiger partial charge on any atom is 0.240 e. The number of rotatable bonds is 7. The van der Waals surface area contributed by atoms with Gasteiger partial charge in [0.2, 0.25) is 15.9 Å². The van der Waals surface area contributed by atoms with E-state index in [9.17, 15) is 13.2 Å². The van der Waals surface area contributed by atoms with E-state index >= 15 is 0 Å². The predicted octanol–water partition coefficient (Wildman–Crippen LogP) is 2.08. The van der Waals surface area contributed by atoms with Crippen molar-refractivity contribution in [3.63, 3.8) is 0 Å². The lowest BCUT2D eigenvalue weighted by atomic mass is 9.92. The second-order valence-corrected chi connectivity index (χ2v) is 9.63. The zero-order valence-corrected chi connectivity index (χ0v) is 17.4. The number of hydrogen-bond acceptors (Lipinski definition) is 4. The summed E-state index contributed by atoms with van der Waals surface area (Å²) in [4.78, 5) is 16.9. The fourth-order valence-electron chi connectivity index (χ4n) is 4.09. The topological polar surface area (TPSA) is 93.1 Å². The van der Waals surface area contributed by atoms with Gasteiger partial charge < -0.3 is 9.88 Å². The van der Waals surface area contributed by atoms with Crippen molar-refractivity contribution in [2.45, 2.75) is 69.4 Å². The van der Waals surface area contributed by atoms with Crippen LogP contribution in [0.3, 0.4) is 0 Å². The molecule has 2 aromatic rings. The molecular formula is C21H28N4O3S. The lowest BCUT2D eigenvalue weighted by Crippen LogP contribution is -2.30. The van der Waals surface area contributed by atoms with Gasteiger partial charge in [-0.2, -0.15) is 0 Å². The van der Waals surface area contributed by atoms with Crippen LogP contribution in [0.2, 0.25) is 0 Å². The first-order valence-corrected chi connectivity index (χ1v) is 11.9. The van der Waals surface area contributed by atoms with Gasteiger partial charge in [0.05, 0.1) is 17.1 Å². The number of aryl methyl sites for hydroxylation is 4. The molecule has 0 spiro atoms. The van der Waals surface area contributed by atoms with Gasteiger partial charge in [-0.05, 0) is 61.8 Å². The van der Waals surface area contributed by atoms with Crippen molar-refractivity contribution in [3.8, 4) is 0 Å². The SMILES string of the molecule is O=C(CCNS(=O)(=O)c1ccc2c(c1)CCCC2)NCc1cn2c(n1)CCCC2. The first kappa shape index (κ1) is 20.1. The second-order valence-electron chi connectivity index (χ2n) is 7.86. The summed E-state index contributed by atoms with van der Waals surface area (Å²) in [5.41, 5.74) is 3.22. The molecule has 0 bridgehead atoms. The van der Waals surface area contributed by atoms with Gasteiger partial charge in [-0.25, -0.2) is 18.1 Å². The van der Waals surface area contributed by atoms with E-state index in [1.165, 1.54) is 12.0 Å². The molecular weight excluding hydrogens is 388 g/mol. The van der Waals surface area contributed by atoms with Crippen LogP contribution in [0.25, 0.3) is 0 Å². The van der Waals surface area contributed by atoms with E-state index in [1.807, 2.05) is 12.3 Å². The van der Waals surface area contributed by atoms with Crippen molar-refractivity contribution in [1.29, 1.82) is 0 Å². The standard InChI is InChI=1S/C21H28N4O3S/c26-21(22-14-18-15-25-12-4-3-7-20(25)24-18)10-11-23-29(27,28)19-9-8-16-5-1-2-6-17(16)13-19/h8-9,13,15,23H,1-7,10-12,14H2,(H,22,26). The van der Waals surface area contributed by atoms with E-state index < -0.39 is 10.0 Å². The highest BCUT2D eigenvalue weighted by molar-refractivity contribution is 7.89. The van der Waals surface area contributed by atoms with Crippen LogP contribution in [-0.4, -0.2) is 30.4 Å². The number of fused-ring (bicyclic) bond motifs is 2. The Balaban J connectivity index is 1.25. The number of amides is 1. The van der Waals surface area contributed by atoms with Crippen molar-refractivity contribution in [1.82, 2.24) is 19.6 Å². The number of nitrogens with one attached hydrogen (secondary N) is 2. The van der Waals surface area contributed by atoms with Crippen molar-refractivity contribution in [2.24, 2.45) is 0 Å². The maximum atomic E-state index is 12.5. The Morgan fingerprint density at radius 3 is 2.69 bits per heavy atom. The number of benzene rings is 1. The average Bonchev–Trinajstić information content (AvgIpc) is 3.15. The van der Waals surface area contributed by atoms with Gasteiger partial charge in [-0.1, -0.05) is 6.07 Å². The average molecular weight is 417 g/mol. The smallest absolute Gasteiger partial charge is 0.240 e. The third-order valence-corrected chi connectivity index (χ3v) is 7.16. The van der Waals surface area contributed by atoms with Crippen LogP contribution >= 0.6 is 0 Å². The molecule has 1 aromatic heterocycles. The van der Waals surface area contributed by atoms with Crippen molar-refractivity contribution in [3.05, 3.63) is 47.0 Å². The Kier molecular flexibility index (Phi) is 6.01. The number of sulfonamides is 1. The molecule has 0 fully saturated rings. The van der Waals surface area contributed by atoms with E-state index in [0.29, 0.717) is 6.54 Å². The van der Waals surface area contributed by atoms with E-state index in [1.54, 1.807) is 12.1 Å². The summed E-state index contributed by atoms with van der Waals surface area (Å²) < 4.78 is 29.8. The highest BCUT2D eigenvalue weighted by Gasteiger charge is 2.18. The van der Waals surface area contributed by atoms with Crippen molar-refractivity contribution < 1.29 is 13.2 Å². The Labute approximate surface area is 172 Å². The molecule has 1 aliphatic heterocycles. The van der Waals surface area contributed by atoms with Crippen LogP contribution in [0, 0.1) is 0 Å². The number of carbonyl (C=O) groups excluding carboxylic acids is 1. The van der Waals surface area contributed by atoms with Gasteiger partial charge in [0.1, 0.15) is 5.82 Å². The van der Waals surface area contributed by atoms with Gasteiger partial charge in [-0.3, -0.25) is 4.79 Å². The van der Waals surface area contributed by atoms with Gasteiger partial charge in [0.25, 0.3) is 0 Å². The summed E-state index contributed by atoms with van der Waals surface area (Å²) in [6.45, 7) is 1.43. The predicted molar refractivity (Wildman–Crippen MR) is 110 cm³/mol. The van der Waals surface area contributed by atoms with Crippen molar-refractivity contribution in [2.75, 3.05) is 6.54 Å². The Bertz CT molecular complexity index is 974. The Hall–Kier alpha value is -2.19. The number of carbonyl (C=O) groups is 1. The summed E-state index contributed by atoms with van der Waals surface area (Å²) in [5.74, 6) is 0.891. The maximum absolute atomic E-state index is 12.5. The number of aromatic nitrogens is 2. The van der Waals surface area contributed by atoms with E-state index in [0.717, 1.165) is 62.2 Å². The zero-order chi connectivity index (χ0) is 20.3. The summed E-state index contributed by atoms with van der Waals surface area (Å²) >= 11 is 0. The Morgan fingerprint density at radius 2 is 1.86 bits per heavy atom. The molecule has 7 nitrogen and oxygen atoms in total. The van der Waals surface area contributed by atoms with Gasteiger partial charge in [0.15, 0.2) is 0 Å². The van der Waals surface area contributed by atoms with Crippen LogP contribution in [-0.2, 0) is 47.2 Å². The van der Waals surface area contributed by atoms with Crippen LogP contribution in [0.15, 0.2) is 29.3 Å². The van der Waals surface area contributed by atoms with E-state index in [4.69, 9.17) is 0 Å². The molecule has 8 heteroatoms. The number of nitrogens with zero attached hydrogens (tertiary/aromatic N) is 2. The Morgan fingerprint density at radius 1 is 1.07 bits per heavy atom. The highest BCUT2D eigenvalue weighted by Crippen LogP contribution is 2.24. The second kappa shape index (κ2) is 8.67. The minimum Gasteiger partial charge on any atom is -0.350 e. The molecule has 29 heavy (non-hydrogen) atoms. The fraction of sp³-hybridized carbons (Fsp3) is 0.524. The fourth-order valence-corrected chi connectivity index (χ4v) is 5.18. The van der Waals surface area contributed by atoms with Crippen LogP contribution in [0.4, 0.5) is 0 Å². The molecule has 0 radical (unpaired) electrons. The van der Waals surface area contributed by atoms with Crippen LogP contribution in [0.5, 0.6) is 0 Å². The number of imidazole rings is 1. The molecule has 2 heterocycles. The third-order valence-electron chi connectivity index (χ3n) is 5.70. The first-order valence-electron chi connectivity index (χ1n) is 10.4. The molecule has 4 rings (SSSR count). The quantitative estimate of drug-likeness (QED) is 0.723. The zero-order valence-electron chi connectivity index (χ0n) is 16.6. The lowest BCUT2D eigenvalue weighted by molar-refractivity contribution is -0.121. The highest BCUT2D eigenvalue weighted by atomic mass is 32.2. The molecule has 0 unspecified atom stereocenters. The monoisotopic (exact) mass is 416 g/mol. The summed E-state index contributed by atoms with van der Waals surface area (Å²) in [6, 6.07) is 5.35. The van der Waals surface area contributed by atoms with E-state index in [-0.39, 0.29) is 23.8 Å². The first-order chi connectivity index (χ1) is 14.0.